The largest absolute Gasteiger partial charge is 0.382 e. The quantitative estimate of drug-likeness (QED) is 0.262. The second-order valence-corrected chi connectivity index (χ2v) is 12.4. The summed E-state index contributed by atoms with van der Waals surface area (Å²) >= 11 is 5.96. The minimum Gasteiger partial charge on any atom is -0.382 e. The van der Waals surface area contributed by atoms with E-state index in [1.807, 2.05) is 19.9 Å². The van der Waals surface area contributed by atoms with Crippen LogP contribution >= 0.6 is 11.6 Å². The van der Waals surface area contributed by atoms with Gasteiger partial charge < -0.3 is 15.5 Å². The van der Waals surface area contributed by atoms with Crippen molar-refractivity contribution in [2.45, 2.75) is 71.5 Å². The molecule has 10 heteroatoms. The molecular formula is C29H42ClF2N3O3S. The summed E-state index contributed by atoms with van der Waals surface area (Å²) in [5, 5.41) is 11.9. The van der Waals surface area contributed by atoms with E-state index in [1.54, 1.807) is 52.1 Å². The molecule has 0 saturated heterocycles. The van der Waals surface area contributed by atoms with Gasteiger partial charge in [0.15, 0.2) is 9.84 Å². The Morgan fingerprint density at radius 2 is 1.87 bits per heavy atom. The van der Waals surface area contributed by atoms with Gasteiger partial charge in [0.05, 0.1) is 28.8 Å². The molecule has 1 unspecified atom stereocenters. The van der Waals surface area contributed by atoms with Gasteiger partial charge in [0.25, 0.3) is 0 Å². The average molecular weight is 586 g/mol. The van der Waals surface area contributed by atoms with Crippen LogP contribution in [-0.2, 0) is 14.6 Å². The summed E-state index contributed by atoms with van der Waals surface area (Å²) in [7, 11) is -2.19. The van der Waals surface area contributed by atoms with Crippen LogP contribution in [0.4, 0.5) is 14.5 Å². The molecule has 2 aromatic rings. The Balaban J connectivity index is 0.000000975. The van der Waals surface area contributed by atoms with Crippen molar-refractivity contribution in [3.63, 3.8) is 0 Å². The molecule has 1 aromatic heterocycles. The number of pyridine rings is 1. The zero-order chi connectivity index (χ0) is 29.8. The van der Waals surface area contributed by atoms with Crippen molar-refractivity contribution in [1.29, 1.82) is 5.41 Å². The van der Waals surface area contributed by atoms with Crippen molar-refractivity contribution in [2.24, 2.45) is 0 Å². The van der Waals surface area contributed by atoms with Crippen molar-refractivity contribution in [1.82, 2.24) is 4.98 Å². The number of rotatable bonds is 11. The van der Waals surface area contributed by atoms with Crippen molar-refractivity contribution in [3.05, 3.63) is 64.2 Å². The molecule has 1 heterocycles. The number of aromatic nitrogens is 1. The van der Waals surface area contributed by atoms with Gasteiger partial charge in [-0.1, -0.05) is 39.3 Å². The van der Waals surface area contributed by atoms with E-state index in [0.717, 1.165) is 24.2 Å². The van der Waals surface area contributed by atoms with Crippen LogP contribution in [0.15, 0.2) is 42.1 Å². The third-order valence-electron chi connectivity index (χ3n) is 6.24. The third-order valence-corrected chi connectivity index (χ3v) is 9.21. The number of hydrogen-bond donors (Lipinski definition) is 2. The molecule has 0 bridgehead atoms. The fourth-order valence-corrected chi connectivity index (χ4v) is 5.52. The van der Waals surface area contributed by atoms with Crippen molar-refractivity contribution in [2.75, 3.05) is 31.5 Å². The number of nitrogens with one attached hydrogen (secondary N) is 2. The van der Waals surface area contributed by atoms with Crippen molar-refractivity contribution < 1.29 is 21.9 Å². The van der Waals surface area contributed by atoms with E-state index in [9.17, 15) is 17.2 Å². The second-order valence-electron chi connectivity index (χ2n) is 9.41. The van der Waals surface area contributed by atoms with Crippen molar-refractivity contribution in [3.8, 4) is 0 Å². The van der Waals surface area contributed by atoms with Gasteiger partial charge in [0.1, 0.15) is 17.2 Å². The number of hydrogen-bond acceptors (Lipinski definition) is 6. The maximum absolute atomic E-state index is 14.7. The molecular weight excluding hydrogens is 544 g/mol. The third kappa shape index (κ3) is 9.96. The summed E-state index contributed by atoms with van der Waals surface area (Å²) in [4.78, 5) is 4.39. The van der Waals surface area contributed by atoms with Gasteiger partial charge in [-0.25, -0.2) is 17.2 Å². The first-order valence-electron chi connectivity index (χ1n) is 13.1. The molecule has 218 valence electrons. The highest BCUT2D eigenvalue weighted by Gasteiger charge is 2.38. The summed E-state index contributed by atoms with van der Waals surface area (Å²) in [5.74, 6) is -1.27. The van der Waals surface area contributed by atoms with Crippen LogP contribution in [-0.4, -0.2) is 50.0 Å². The lowest BCUT2D eigenvalue weighted by Gasteiger charge is -2.27. The number of anilines is 1. The van der Waals surface area contributed by atoms with Crippen LogP contribution in [0.1, 0.15) is 78.0 Å². The minimum absolute atomic E-state index is 0.150. The monoisotopic (exact) mass is 585 g/mol. The smallest absolute Gasteiger partial charge is 0.161 e. The molecule has 1 atom stereocenters. The molecule has 3 rings (SSSR count). The summed E-state index contributed by atoms with van der Waals surface area (Å²) in [6.07, 6.45) is 3.87. The summed E-state index contributed by atoms with van der Waals surface area (Å²) < 4.78 is 54.6. The number of benzene rings is 1. The molecule has 0 amide bonds. The molecule has 1 aliphatic carbocycles. The fourth-order valence-electron chi connectivity index (χ4n) is 3.63. The van der Waals surface area contributed by atoms with E-state index in [1.165, 1.54) is 18.7 Å². The molecule has 1 aromatic carbocycles. The number of sulfone groups is 1. The molecule has 1 fully saturated rings. The zero-order valence-corrected chi connectivity index (χ0v) is 25.6. The Morgan fingerprint density at radius 1 is 1.23 bits per heavy atom. The first kappa shape index (κ1) is 34.7. The van der Waals surface area contributed by atoms with Crippen LogP contribution in [0.25, 0.3) is 5.70 Å². The zero-order valence-electron chi connectivity index (χ0n) is 24.0. The highest BCUT2D eigenvalue weighted by atomic mass is 35.5. The van der Waals surface area contributed by atoms with Gasteiger partial charge in [-0.15, -0.1) is 0 Å². The van der Waals surface area contributed by atoms with Crippen LogP contribution in [0.5, 0.6) is 0 Å². The van der Waals surface area contributed by atoms with E-state index in [0.29, 0.717) is 22.7 Å². The molecule has 2 N–H and O–H groups in total. The maximum atomic E-state index is 14.7. The van der Waals surface area contributed by atoms with E-state index < -0.39 is 26.3 Å². The van der Waals surface area contributed by atoms with Crippen LogP contribution in [0.3, 0.4) is 0 Å². The minimum atomic E-state index is -3.67. The van der Waals surface area contributed by atoms with Gasteiger partial charge in [-0.3, -0.25) is 4.98 Å². The van der Waals surface area contributed by atoms with Gasteiger partial charge in [-0.05, 0) is 80.5 Å². The lowest BCUT2D eigenvalue weighted by atomic mass is 10.0. The van der Waals surface area contributed by atoms with E-state index >= 15 is 0 Å². The average Bonchev–Trinajstić information content (AvgIpc) is 3.75. The topological polar surface area (TPSA) is 92.1 Å². The lowest BCUT2D eigenvalue weighted by Crippen LogP contribution is -2.42. The Bertz CT molecular complexity index is 1210. The number of halogens is 3. The Hall–Kier alpha value is -2.36. The van der Waals surface area contributed by atoms with E-state index in [-0.39, 0.29) is 24.7 Å². The van der Waals surface area contributed by atoms with Gasteiger partial charge in [0, 0.05) is 24.7 Å². The molecule has 39 heavy (non-hydrogen) atoms. The van der Waals surface area contributed by atoms with Gasteiger partial charge in [-0.2, -0.15) is 0 Å². The number of alkyl halides is 1. The van der Waals surface area contributed by atoms with Gasteiger partial charge >= 0.3 is 0 Å². The van der Waals surface area contributed by atoms with Crippen LogP contribution in [0.2, 0.25) is 5.02 Å². The maximum Gasteiger partial charge on any atom is 0.161 e. The first-order chi connectivity index (χ1) is 18.4. The Kier molecular flexibility index (Phi) is 14.3. The SMILES string of the molecule is CC.CCC(=N)C(C)(C)S(=O)(=O)CC(C)c1cc(NC(=C2CC2)c2ccc(Cl)cn2)ccc1F.COCCF. The number of methoxy groups -OCH3 is 1. The van der Waals surface area contributed by atoms with E-state index in [4.69, 9.17) is 17.0 Å². The number of nitrogens with zero attached hydrogens (tertiary/aromatic N) is 1. The highest BCUT2D eigenvalue weighted by Crippen LogP contribution is 2.37. The predicted octanol–water partition coefficient (Wildman–Crippen LogP) is 7.85. The molecule has 0 spiro atoms. The first-order valence-corrected chi connectivity index (χ1v) is 15.2. The van der Waals surface area contributed by atoms with Gasteiger partial charge in [0.2, 0.25) is 0 Å². The highest BCUT2D eigenvalue weighted by molar-refractivity contribution is 7.93. The Labute approximate surface area is 237 Å². The van der Waals surface area contributed by atoms with E-state index in [2.05, 4.69) is 15.0 Å². The number of allylic oxidation sites excluding steroid dienone is 1. The van der Waals surface area contributed by atoms with Crippen LogP contribution in [0, 0.1) is 11.2 Å². The number of ether oxygens (including phenoxy) is 1. The van der Waals surface area contributed by atoms with Crippen LogP contribution < -0.4 is 5.32 Å². The summed E-state index contributed by atoms with van der Waals surface area (Å²) in [5.41, 5.74) is 3.98. The molecule has 0 aliphatic heterocycles. The normalized spacial score (nSPS) is 13.3. The summed E-state index contributed by atoms with van der Waals surface area (Å²) in [6, 6.07) is 8.25. The standard InChI is InChI=1S/C24H29ClFN3O2S.C3H7FO.C2H6/c1-5-22(27)24(3,4)32(30,31)14-15(2)19-12-18(9-10-20(19)26)29-23(16-6-7-16)21-11-8-17(25)13-28-21;1-5-3-2-4;1-2/h8-13,15,27,29H,5-7,14H2,1-4H3;2-3H2,1H3;1-2H3. The fraction of sp³-hybridized carbons (Fsp3) is 0.517. The Morgan fingerprint density at radius 3 is 2.33 bits per heavy atom. The summed E-state index contributed by atoms with van der Waals surface area (Å²) in [6.45, 7) is 10.4. The molecule has 6 nitrogen and oxygen atoms in total. The second kappa shape index (κ2) is 16.0. The molecule has 0 radical (unpaired) electrons. The van der Waals surface area contributed by atoms with Crippen molar-refractivity contribution >= 4 is 38.5 Å². The lowest BCUT2D eigenvalue weighted by molar-refractivity contribution is 0.175. The predicted molar refractivity (Wildman–Crippen MR) is 159 cm³/mol. The molecule has 1 aliphatic rings. The molecule has 1 saturated carbocycles.